The first kappa shape index (κ1) is 16.9. The molecule has 0 saturated carbocycles. The predicted molar refractivity (Wildman–Crippen MR) is 88.3 cm³/mol. The van der Waals surface area contributed by atoms with Gasteiger partial charge in [0.15, 0.2) is 9.84 Å². The number of amides is 1. The fraction of sp³-hybridized carbons (Fsp3) is 0.500. The summed E-state index contributed by atoms with van der Waals surface area (Å²) in [6.45, 7) is 3.97. The lowest BCUT2D eigenvalue weighted by atomic mass is 9.98. The van der Waals surface area contributed by atoms with E-state index in [1.807, 2.05) is 32.0 Å². The van der Waals surface area contributed by atoms with E-state index < -0.39 is 21.8 Å². The lowest BCUT2D eigenvalue weighted by Crippen LogP contribution is -2.40. The molecule has 1 aromatic carbocycles. The Balaban J connectivity index is 1.68. The first-order chi connectivity index (χ1) is 11.4. The number of hydrogen-bond acceptors (Lipinski definition) is 6. The molecule has 3 rings (SSSR count). The Bertz CT molecular complexity index is 788. The van der Waals surface area contributed by atoms with Crippen LogP contribution in [0.15, 0.2) is 23.4 Å². The lowest BCUT2D eigenvalue weighted by molar-refractivity contribution is -0.192. The van der Waals surface area contributed by atoms with Gasteiger partial charge >= 0.3 is 0 Å². The van der Waals surface area contributed by atoms with Crippen LogP contribution in [0.1, 0.15) is 23.1 Å². The minimum Gasteiger partial charge on any atom is -0.382 e. The number of nitrogens with zero attached hydrogens (tertiary/aromatic N) is 2. The highest BCUT2D eigenvalue weighted by Gasteiger charge is 2.35. The third kappa shape index (κ3) is 3.59. The van der Waals surface area contributed by atoms with Crippen LogP contribution in [0.3, 0.4) is 0 Å². The van der Waals surface area contributed by atoms with E-state index in [-0.39, 0.29) is 24.7 Å². The number of benzene rings is 1. The number of rotatable bonds is 2. The van der Waals surface area contributed by atoms with Gasteiger partial charge in [0.1, 0.15) is 0 Å². The fourth-order valence-corrected chi connectivity index (χ4v) is 3.69. The van der Waals surface area contributed by atoms with E-state index in [4.69, 9.17) is 9.68 Å². The molecule has 2 aliphatic rings. The fourth-order valence-electron chi connectivity index (χ4n) is 2.71. The van der Waals surface area contributed by atoms with Gasteiger partial charge in [0, 0.05) is 12.0 Å². The van der Waals surface area contributed by atoms with Gasteiger partial charge < -0.3 is 4.84 Å². The maximum absolute atomic E-state index is 12.5. The van der Waals surface area contributed by atoms with E-state index >= 15 is 0 Å². The molecular formula is C16H20N2O5S. The van der Waals surface area contributed by atoms with Gasteiger partial charge in [0.25, 0.3) is 5.91 Å². The zero-order chi connectivity index (χ0) is 17.3. The van der Waals surface area contributed by atoms with Crippen molar-refractivity contribution in [3.63, 3.8) is 0 Å². The van der Waals surface area contributed by atoms with Crippen LogP contribution in [0.4, 0.5) is 0 Å². The van der Waals surface area contributed by atoms with E-state index in [0.29, 0.717) is 6.42 Å². The minimum atomic E-state index is -3.16. The van der Waals surface area contributed by atoms with Crippen LogP contribution < -0.4 is 0 Å². The largest absolute Gasteiger partial charge is 0.382 e. The molecule has 24 heavy (non-hydrogen) atoms. The van der Waals surface area contributed by atoms with Crippen LogP contribution in [0.25, 0.3) is 0 Å². The van der Waals surface area contributed by atoms with Gasteiger partial charge in [-0.25, -0.2) is 13.5 Å². The Hall–Kier alpha value is -1.93. The van der Waals surface area contributed by atoms with Gasteiger partial charge in [0.2, 0.25) is 6.10 Å². The topological polar surface area (TPSA) is 85.3 Å². The summed E-state index contributed by atoms with van der Waals surface area (Å²) in [6.07, 6.45) is -0.434. The van der Waals surface area contributed by atoms with Crippen molar-refractivity contribution in [1.29, 1.82) is 0 Å². The zero-order valence-corrected chi connectivity index (χ0v) is 14.5. The van der Waals surface area contributed by atoms with Crippen LogP contribution >= 0.6 is 0 Å². The number of aryl methyl sites for hydroxylation is 2. The first-order valence-electron chi connectivity index (χ1n) is 7.81. The van der Waals surface area contributed by atoms with Crippen LogP contribution in [-0.2, 0) is 24.3 Å². The van der Waals surface area contributed by atoms with Crippen LogP contribution in [-0.4, -0.2) is 55.9 Å². The van der Waals surface area contributed by atoms with Gasteiger partial charge in [-0.05, 0) is 25.5 Å². The Kier molecular flexibility index (Phi) is 4.60. The third-order valence-electron chi connectivity index (χ3n) is 4.14. The summed E-state index contributed by atoms with van der Waals surface area (Å²) >= 11 is 0. The van der Waals surface area contributed by atoms with Gasteiger partial charge in [-0.3, -0.25) is 9.63 Å². The molecule has 7 nitrogen and oxygen atoms in total. The number of hydrogen-bond donors (Lipinski definition) is 0. The van der Waals surface area contributed by atoms with Crippen molar-refractivity contribution in [2.24, 2.45) is 5.16 Å². The van der Waals surface area contributed by atoms with Gasteiger partial charge in [0.05, 0.1) is 30.4 Å². The molecule has 0 spiro atoms. The average molecular weight is 352 g/mol. The van der Waals surface area contributed by atoms with E-state index in [2.05, 4.69) is 5.16 Å². The van der Waals surface area contributed by atoms with E-state index in [1.54, 1.807) is 0 Å². The number of carbonyl (C=O) groups excluding carboxylic acids is 1. The highest BCUT2D eigenvalue weighted by molar-refractivity contribution is 7.91. The molecular weight excluding hydrogens is 332 g/mol. The summed E-state index contributed by atoms with van der Waals surface area (Å²) in [7, 11) is -3.16. The normalized spacial score (nSPS) is 23.3. The zero-order valence-electron chi connectivity index (χ0n) is 13.7. The highest BCUT2D eigenvalue weighted by atomic mass is 32.2. The summed E-state index contributed by atoms with van der Waals surface area (Å²) in [5, 5.41) is 5.15. The molecule has 0 N–H and O–H groups in total. The van der Waals surface area contributed by atoms with Crippen LogP contribution in [0, 0.1) is 13.8 Å². The number of hydroxylamine groups is 2. The van der Waals surface area contributed by atoms with Crippen molar-refractivity contribution in [3.05, 3.63) is 34.9 Å². The van der Waals surface area contributed by atoms with Crippen molar-refractivity contribution in [2.75, 3.05) is 24.7 Å². The lowest BCUT2D eigenvalue weighted by Gasteiger charge is -2.20. The van der Waals surface area contributed by atoms with Crippen molar-refractivity contribution in [1.82, 2.24) is 5.06 Å². The predicted octanol–water partition coefficient (Wildman–Crippen LogP) is 0.985. The number of oxime groups is 1. The SMILES string of the molecule is Cc1ccc(C)c(C2=NOC(C(=O)N3CCS(=O)(=O)CCO3)C2)c1. The Labute approximate surface area is 141 Å². The monoisotopic (exact) mass is 352 g/mol. The molecule has 0 bridgehead atoms. The van der Waals surface area contributed by atoms with E-state index in [0.717, 1.165) is 27.5 Å². The Morgan fingerprint density at radius 1 is 1.29 bits per heavy atom. The molecule has 2 aliphatic heterocycles. The van der Waals surface area contributed by atoms with E-state index in [9.17, 15) is 13.2 Å². The van der Waals surface area contributed by atoms with Gasteiger partial charge in [-0.2, -0.15) is 0 Å². The second-order valence-corrected chi connectivity index (χ2v) is 8.38. The second kappa shape index (κ2) is 6.52. The van der Waals surface area contributed by atoms with Crippen LogP contribution in [0.5, 0.6) is 0 Å². The van der Waals surface area contributed by atoms with Gasteiger partial charge in [-0.15, -0.1) is 0 Å². The minimum absolute atomic E-state index is 0.0137. The summed E-state index contributed by atoms with van der Waals surface area (Å²) < 4.78 is 23.2. The van der Waals surface area contributed by atoms with Crippen molar-refractivity contribution in [3.8, 4) is 0 Å². The maximum Gasteiger partial charge on any atom is 0.290 e. The standard InChI is InChI=1S/C16H20N2O5S/c1-11-3-4-12(2)13(9-11)14-10-15(23-17-14)16(19)18-5-7-24(20,21)8-6-22-18/h3-4,9,15H,5-8,10H2,1-2H3. The molecule has 1 aromatic rings. The Morgan fingerprint density at radius 2 is 2.08 bits per heavy atom. The number of carbonyl (C=O) groups is 1. The Morgan fingerprint density at radius 3 is 2.88 bits per heavy atom. The van der Waals surface area contributed by atoms with Crippen molar-refractivity contribution >= 4 is 21.5 Å². The van der Waals surface area contributed by atoms with Crippen molar-refractivity contribution in [2.45, 2.75) is 26.4 Å². The summed E-state index contributed by atoms with van der Waals surface area (Å²) in [4.78, 5) is 23.1. The van der Waals surface area contributed by atoms with E-state index in [1.165, 1.54) is 0 Å². The number of sulfone groups is 1. The molecule has 1 fully saturated rings. The maximum atomic E-state index is 12.5. The average Bonchev–Trinajstić information content (AvgIpc) is 2.94. The molecule has 2 heterocycles. The highest BCUT2D eigenvalue weighted by Crippen LogP contribution is 2.22. The molecule has 1 unspecified atom stereocenters. The molecule has 130 valence electrons. The molecule has 1 atom stereocenters. The summed E-state index contributed by atoms with van der Waals surface area (Å²) in [5.74, 6) is -0.570. The quantitative estimate of drug-likeness (QED) is 0.792. The molecule has 1 amide bonds. The van der Waals surface area contributed by atoms with Crippen molar-refractivity contribution < 1.29 is 22.9 Å². The molecule has 0 aromatic heterocycles. The molecule has 1 saturated heterocycles. The second-order valence-electron chi connectivity index (χ2n) is 6.08. The molecule has 0 radical (unpaired) electrons. The summed E-state index contributed by atoms with van der Waals surface area (Å²) in [6, 6.07) is 6.04. The smallest absolute Gasteiger partial charge is 0.290 e. The molecule has 8 heteroatoms. The van der Waals surface area contributed by atoms with Gasteiger partial charge in [-0.1, -0.05) is 22.9 Å². The first-order valence-corrected chi connectivity index (χ1v) is 9.63. The third-order valence-corrected chi connectivity index (χ3v) is 5.73. The molecule has 0 aliphatic carbocycles. The summed E-state index contributed by atoms with van der Waals surface area (Å²) in [5.41, 5.74) is 3.85. The van der Waals surface area contributed by atoms with Crippen LogP contribution in [0.2, 0.25) is 0 Å².